The summed E-state index contributed by atoms with van der Waals surface area (Å²) in [5.74, 6) is -1.29. The van der Waals surface area contributed by atoms with E-state index in [4.69, 9.17) is 10.3 Å². The maximum absolute atomic E-state index is 14.2. The van der Waals surface area contributed by atoms with Crippen LogP contribution in [0.1, 0.15) is 60.8 Å². The molecule has 1 unspecified atom stereocenters. The summed E-state index contributed by atoms with van der Waals surface area (Å²) in [6.07, 6.45) is 1.84. The molecule has 1 aromatic carbocycles. The fourth-order valence-electron chi connectivity index (χ4n) is 4.57. The van der Waals surface area contributed by atoms with E-state index in [0.717, 1.165) is 6.26 Å². The molecule has 2 atom stereocenters. The lowest BCUT2D eigenvalue weighted by molar-refractivity contribution is -0.128. The maximum Gasteiger partial charge on any atom is 0.348 e. The van der Waals surface area contributed by atoms with E-state index in [-0.39, 0.29) is 58.7 Å². The quantitative estimate of drug-likeness (QED) is 0.234. The molecule has 0 aromatic heterocycles. The average Bonchev–Trinajstić information content (AvgIpc) is 3.03. The van der Waals surface area contributed by atoms with Crippen molar-refractivity contribution in [3.63, 3.8) is 0 Å². The normalized spacial score (nSPS) is 21.7. The number of primary amides is 1. The second kappa shape index (κ2) is 11.2. The predicted molar refractivity (Wildman–Crippen MR) is 156 cm³/mol. The zero-order chi connectivity index (χ0) is 30.3. The van der Waals surface area contributed by atoms with Gasteiger partial charge in [0.2, 0.25) is 15.9 Å². The molecule has 0 saturated heterocycles. The van der Waals surface area contributed by atoms with Crippen LogP contribution in [-0.2, 0) is 28.7 Å². The van der Waals surface area contributed by atoms with Crippen molar-refractivity contribution < 1.29 is 32.2 Å². The van der Waals surface area contributed by atoms with E-state index in [2.05, 4.69) is 35.6 Å². The molecule has 0 aliphatic carbocycles. The number of nitrogens with zero attached hydrogens (tertiary/aromatic N) is 2. The van der Waals surface area contributed by atoms with E-state index in [9.17, 15) is 27.7 Å². The molecule has 0 bridgehead atoms. The molecule has 0 fully saturated rings. The number of amides is 2. The Morgan fingerprint density at radius 3 is 2.45 bits per heavy atom. The molecular weight excluding hydrogens is 557 g/mol. The molecule has 222 valence electrons. The van der Waals surface area contributed by atoms with E-state index in [1.165, 1.54) is 18.2 Å². The molecule has 3 rings (SSSR count). The number of sulfonamides is 1. The number of benzene rings is 1. The molecule has 5 N–H and O–H groups in total. The van der Waals surface area contributed by atoms with Crippen molar-refractivity contribution in [2.45, 2.75) is 66.8 Å². The van der Waals surface area contributed by atoms with Gasteiger partial charge in [-0.1, -0.05) is 41.5 Å². The predicted octanol–water partition coefficient (Wildman–Crippen LogP) is 3.49. The number of nitrogens with two attached hydrogens (primary N) is 1. The molecule has 0 saturated carbocycles. The molecule has 2 amide bonds. The summed E-state index contributed by atoms with van der Waals surface area (Å²) in [5, 5.41) is 14.5. The van der Waals surface area contributed by atoms with Crippen molar-refractivity contribution in [3.8, 4) is 0 Å². The summed E-state index contributed by atoms with van der Waals surface area (Å²) in [6, 6.07) is 3.66. The minimum Gasteiger partial charge on any atom is -0.509 e. The number of hydrogen-bond donors (Lipinski definition) is 4. The summed E-state index contributed by atoms with van der Waals surface area (Å²) in [4.78, 5) is 26.6. The molecule has 14 heteroatoms. The number of rotatable bonds is 10. The van der Waals surface area contributed by atoms with Gasteiger partial charge >= 0.3 is 7.52 Å². The lowest BCUT2D eigenvalue weighted by atomic mass is 9.84. The Balaban J connectivity index is 2.09. The molecule has 2 aliphatic heterocycles. The molecule has 2 aliphatic rings. The van der Waals surface area contributed by atoms with Crippen molar-refractivity contribution in [1.82, 2.24) is 4.90 Å². The van der Waals surface area contributed by atoms with Gasteiger partial charge in [-0.15, -0.1) is 0 Å². The maximum atomic E-state index is 14.2. The Kier molecular flexibility index (Phi) is 8.84. The Morgan fingerprint density at radius 2 is 1.90 bits per heavy atom. The van der Waals surface area contributed by atoms with Crippen molar-refractivity contribution in [2.24, 2.45) is 21.3 Å². The van der Waals surface area contributed by atoms with Crippen molar-refractivity contribution in [2.75, 3.05) is 29.4 Å². The third-order valence-corrected chi connectivity index (χ3v) is 8.97. The van der Waals surface area contributed by atoms with Crippen molar-refractivity contribution >= 4 is 51.9 Å². The molecule has 0 radical (unpaired) electrons. The van der Waals surface area contributed by atoms with Gasteiger partial charge in [0.1, 0.15) is 11.3 Å². The van der Waals surface area contributed by atoms with Crippen LogP contribution < -0.4 is 21.1 Å². The largest absolute Gasteiger partial charge is 0.509 e. The lowest BCUT2D eigenvalue weighted by Crippen LogP contribution is -2.45. The minimum absolute atomic E-state index is 0.00220. The van der Waals surface area contributed by atoms with Crippen molar-refractivity contribution in [3.05, 3.63) is 29.5 Å². The zero-order valence-electron chi connectivity index (χ0n) is 24.1. The average molecular weight is 598 g/mol. The number of hydrogen-bond acceptors (Lipinski definition) is 8. The highest BCUT2D eigenvalue weighted by molar-refractivity contribution is 7.92. The summed E-state index contributed by atoms with van der Waals surface area (Å²) in [5.41, 5.74) is 4.94. The van der Waals surface area contributed by atoms with Gasteiger partial charge in [-0.25, -0.2) is 8.42 Å². The Hall–Kier alpha value is -2.89. The first-order valence-electron chi connectivity index (χ1n) is 13.0. The molecule has 0 spiro atoms. The number of fused-ring (bicyclic) bond motifs is 1. The van der Waals surface area contributed by atoms with Crippen LogP contribution in [0.3, 0.4) is 0 Å². The number of carbonyl (C=O) groups is 2. The summed E-state index contributed by atoms with van der Waals surface area (Å²) >= 11 is 0. The molecule has 1 aromatic rings. The van der Waals surface area contributed by atoms with Crippen LogP contribution in [0.5, 0.6) is 0 Å². The van der Waals surface area contributed by atoms with E-state index < -0.39 is 40.8 Å². The smallest absolute Gasteiger partial charge is 0.348 e. The van der Waals surface area contributed by atoms with Gasteiger partial charge in [0.25, 0.3) is 5.91 Å². The molecular formula is C26H40N5O7PS. The van der Waals surface area contributed by atoms with Crippen LogP contribution in [0.2, 0.25) is 0 Å². The van der Waals surface area contributed by atoms with Crippen LogP contribution >= 0.6 is 7.52 Å². The van der Waals surface area contributed by atoms with Gasteiger partial charge in [0.15, 0.2) is 5.84 Å². The first-order valence-corrected chi connectivity index (χ1v) is 16.5. The number of aliphatic hydroxyl groups excluding tert-OH is 1. The van der Waals surface area contributed by atoms with Gasteiger partial charge in [-0.2, -0.15) is 4.76 Å². The van der Waals surface area contributed by atoms with Crippen molar-refractivity contribution in [1.29, 1.82) is 0 Å². The highest BCUT2D eigenvalue weighted by Crippen LogP contribution is 2.53. The van der Waals surface area contributed by atoms with E-state index in [1.54, 1.807) is 4.90 Å². The van der Waals surface area contributed by atoms with Gasteiger partial charge in [0.05, 0.1) is 29.9 Å². The van der Waals surface area contributed by atoms with Gasteiger partial charge in [-0.05, 0) is 41.9 Å². The first kappa shape index (κ1) is 31.6. The third kappa shape index (κ3) is 7.44. The number of nitrogens with one attached hydrogen (secondary N) is 2. The second-order valence-electron chi connectivity index (χ2n) is 12.4. The number of anilines is 2. The minimum atomic E-state index is -4.12. The van der Waals surface area contributed by atoms with E-state index in [1.807, 2.05) is 20.8 Å². The first-order chi connectivity index (χ1) is 18.2. The highest BCUT2D eigenvalue weighted by Gasteiger charge is 2.48. The monoisotopic (exact) mass is 597 g/mol. The zero-order valence-corrected chi connectivity index (χ0v) is 25.8. The number of aliphatic hydroxyl groups is 1. The summed E-state index contributed by atoms with van der Waals surface area (Å²) < 4.78 is 50.2. The molecule has 2 heterocycles. The van der Waals surface area contributed by atoms with Crippen LogP contribution in [0.25, 0.3) is 0 Å². The Labute approximate surface area is 236 Å². The summed E-state index contributed by atoms with van der Waals surface area (Å²) in [7, 11) is -7.75. The SMILES string of the molecule is CC(C)(C)CCN1C(=O)C(C2=NP(=O)(OCCCC(N)=O)c3cc(NS(C)(=O)=O)ccc3N2)=C(O)[C@@H]1C(C)(C)C. The van der Waals surface area contributed by atoms with E-state index in [0.29, 0.717) is 13.0 Å². The Morgan fingerprint density at radius 1 is 1.25 bits per heavy atom. The molecule has 12 nitrogen and oxygen atoms in total. The lowest BCUT2D eigenvalue weighted by Gasteiger charge is -2.36. The Bertz CT molecular complexity index is 1410. The highest BCUT2D eigenvalue weighted by atomic mass is 32.2. The number of carbonyl (C=O) groups excluding carboxylic acids is 2. The molecule has 40 heavy (non-hydrogen) atoms. The van der Waals surface area contributed by atoms with Crippen LogP contribution in [0.15, 0.2) is 34.3 Å². The van der Waals surface area contributed by atoms with Crippen LogP contribution in [-0.4, -0.2) is 61.5 Å². The fourth-order valence-corrected chi connectivity index (χ4v) is 6.96. The summed E-state index contributed by atoms with van der Waals surface area (Å²) in [6.45, 7) is 12.2. The van der Waals surface area contributed by atoms with Crippen LogP contribution in [0.4, 0.5) is 11.4 Å². The fraction of sp³-hybridized carbons (Fsp3) is 0.577. The van der Waals surface area contributed by atoms with Gasteiger partial charge in [0, 0.05) is 18.7 Å². The standard InChI is InChI=1S/C26H40N5O7PS/c1-25(2,3)12-13-31-22(26(4,5)6)21(33)20(24(31)34)23-28-17-11-10-16(30-40(7,36)37)15-18(17)39(35,29-23)38-14-8-9-19(27)32/h10-11,15,22,30,33H,8-9,12-14H2,1-7H3,(H2,27,32)(H,28,29,35)/t22-,39?/m1/s1. The number of amidine groups is 1. The van der Waals surface area contributed by atoms with Crippen LogP contribution in [0, 0.1) is 10.8 Å². The second-order valence-corrected chi connectivity index (χ2v) is 16.2. The third-order valence-electron chi connectivity index (χ3n) is 6.39. The van der Waals surface area contributed by atoms with Gasteiger partial charge in [-0.3, -0.25) is 18.9 Å². The van der Waals surface area contributed by atoms with E-state index >= 15 is 0 Å². The van der Waals surface area contributed by atoms with Gasteiger partial charge < -0.3 is 25.6 Å². The topological polar surface area (TPSA) is 180 Å².